The van der Waals surface area contributed by atoms with Gasteiger partial charge in [-0.3, -0.25) is 0 Å². The minimum Gasteiger partial charge on any atom is -0.462 e. The molecule has 0 unspecified atom stereocenters. The molecule has 5 aromatic rings. The fraction of sp³-hybridized carbons (Fsp3) is 0.569. The molecular weight excluding hydrogens is 929 g/mol. The van der Waals surface area contributed by atoms with Crippen LogP contribution >= 0.6 is 0 Å². The lowest BCUT2D eigenvalue weighted by molar-refractivity contribution is -0.161. The molecule has 0 spiro atoms. The molecule has 0 saturated heterocycles. The lowest BCUT2D eigenvalue weighted by Crippen LogP contribution is -2.62. The number of esters is 2. The third kappa shape index (κ3) is 19.8. The van der Waals surface area contributed by atoms with E-state index in [4.69, 9.17) is 19.7 Å². The molecule has 2 N–H and O–H groups in total. The fourth-order valence-corrected chi connectivity index (χ4v) is 10.4. The third-order valence-corrected chi connectivity index (χ3v) is 14.9. The standard InChI is InChI=1S/C65H92N6O4/c1-3-5-7-9-11-13-15-17-19-21-23-25-27-29-31-38-51-74-63(72)65(64(73)75-52-39-32-30-28-26-24-22-20-18-16-14-12-10-8-6-4-2)66-58-46-40-45-56-57(49-50-59(67-65)61(56)58)69-70-60-48-47-53-41-36-37-44-55(53)62(60)71-68-54-42-34-33-35-43-54/h33-37,40-50,66-67H,3-32,38-39,51-52H2,1-2H3. The zero-order valence-electron chi connectivity index (χ0n) is 46.2. The summed E-state index contributed by atoms with van der Waals surface area (Å²) in [6.45, 7) is 5.01. The number of fused-ring (bicyclic) bond motifs is 1. The number of unbranched alkanes of at least 4 members (excludes halogenated alkanes) is 30. The average Bonchev–Trinajstić information content (AvgIpc) is 3.44. The highest BCUT2D eigenvalue weighted by Gasteiger charge is 2.52. The number of anilines is 2. The van der Waals surface area contributed by atoms with Gasteiger partial charge < -0.3 is 20.1 Å². The maximum Gasteiger partial charge on any atom is 0.365 e. The van der Waals surface area contributed by atoms with E-state index in [0.717, 1.165) is 65.8 Å². The van der Waals surface area contributed by atoms with Gasteiger partial charge in [-0.25, -0.2) is 9.59 Å². The van der Waals surface area contributed by atoms with Gasteiger partial charge in [-0.1, -0.05) is 267 Å². The van der Waals surface area contributed by atoms with Gasteiger partial charge in [0, 0.05) is 27.5 Å². The Morgan fingerprint density at radius 1 is 0.387 bits per heavy atom. The van der Waals surface area contributed by atoms with E-state index in [1.165, 1.54) is 167 Å². The molecule has 0 fully saturated rings. The van der Waals surface area contributed by atoms with E-state index >= 15 is 0 Å². The van der Waals surface area contributed by atoms with Crippen LogP contribution in [0.25, 0.3) is 21.5 Å². The molecule has 6 rings (SSSR count). The summed E-state index contributed by atoms with van der Waals surface area (Å²) in [7, 11) is 0. The van der Waals surface area contributed by atoms with Crippen LogP contribution < -0.4 is 10.6 Å². The molecule has 1 aliphatic rings. The molecule has 1 aliphatic heterocycles. The molecule has 0 amide bonds. The molecule has 0 aromatic heterocycles. The van der Waals surface area contributed by atoms with E-state index in [1.807, 2.05) is 97.1 Å². The highest BCUT2D eigenvalue weighted by Crippen LogP contribution is 2.44. The largest absolute Gasteiger partial charge is 0.462 e. The van der Waals surface area contributed by atoms with Crippen molar-refractivity contribution in [2.45, 2.75) is 225 Å². The van der Waals surface area contributed by atoms with Crippen LogP contribution in [0, 0.1) is 0 Å². The Morgan fingerprint density at radius 2 is 0.800 bits per heavy atom. The number of hydrogen-bond acceptors (Lipinski definition) is 10. The highest BCUT2D eigenvalue weighted by atomic mass is 16.6. The Morgan fingerprint density at radius 3 is 1.31 bits per heavy atom. The molecule has 10 nitrogen and oxygen atoms in total. The zero-order chi connectivity index (χ0) is 52.4. The Bertz CT molecular complexity index is 2410. The van der Waals surface area contributed by atoms with Crippen LogP contribution in [0.15, 0.2) is 118 Å². The number of carbonyl (C=O) groups excluding carboxylic acids is 2. The van der Waals surface area contributed by atoms with E-state index in [9.17, 15) is 9.59 Å². The second kappa shape index (κ2) is 34.8. The lowest BCUT2D eigenvalue weighted by atomic mass is 9.98. The van der Waals surface area contributed by atoms with Crippen molar-refractivity contribution in [3.8, 4) is 0 Å². The highest BCUT2D eigenvalue weighted by molar-refractivity contribution is 6.18. The molecule has 0 saturated carbocycles. The van der Waals surface area contributed by atoms with Crippen molar-refractivity contribution >= 4 is 67.6 Å². The van der Waals surface area contributed by atoms with Crippen LogP contribution in [0.4, 0.5) is 34.1 Å². The van der Waals surface area contributed by atoms with E-state index in [-0.39, 0.29) is 13.2 Å². The molecule has 10 heteroatoms. The van der Waals surface area contributed by atoms with Crippen molar-refractivity contribution in [3.05, 3.63) is 97.1 Å². The number of nitrogens with zero attached hydrogens (tertiary/aromatic N) is 4. The van der Waals surface area contributed by atoms with Gasteiger partial charge >= 0.3 is 17.6 Å². The van der Waals surface area contributed by atoms with Crippen molar-refractivity contribution in [2.24, 2.45) is 20.5 Å². The summed E-state index contributed by atoms with van der Waals surface area (Å²) >= 11 is 0. The van der Waals surface area contributed by atoms with E-state index in [0.29, 0.717) is 28.4 Å². The molecule has 5 aromatic carbocycles. The van der Waals surface area contributed by atoms with Crippen LogP contribution in [0.1, 0.15) is 219 Å². The number of carbonyl (C=O) groups is 2. The third-order valence-electron chi connectivity index (χ3n) is 14.9. The summed E-state index contributed by atoms with van der Waals surface area (Å²) < 4.78 is 11.9. The summed E-state index contributed by atoms with van der Waals surface area (Å²) in [6.07, 6.45) is 40.5. The molecule has 75 heavy (non-hydrogen) atoms. The second-order valence-corrected chi connectivity index (χ2v) is 21.1. The zero-order valence-corrected chi connectivity index (χ0v) is 46.2. The summed E-state index contributed by atoms with van der Waals surface area (Å²) in [5.41, 5.74) is 1.78. The quantitative estimate of drug-likeness (QED) is 0.0174. The van der Waals surface area contributed by atoms with Gasteiger partial charge in [0.2, 0.25) is 0 Å². The van der Waals surface area contributed by atoms with Crippen LogP contribution in [-0.4, -0.2) is 30.8 Å². The minimum absolute atomic E-state index is 0.229. The number of ether oxygens (including phenoxy) is 2. The Balaban J connectivity index is 1.03. The van der Waals surface area contributed by atoms with Crippen LogP contribution in [0.3, 0.4) is 0 Å². The summed E-state index contributed by atoms with van der Waals surface area (Å²) in [5, 5.41) is 28.8. The number of azo groups is 2. The average molecular weight is 1020 g/mol. The smallest absolute Gasteiger partial charge is 0.365 e. The maximum absolute atomic E-state index is 14.3. The van der Waals surface area contributed by atoms with E-state index in [1.54, 1.807) is 0 Å². The number of rotatable bonds is 40. The predicted molar refractivity (Wildman–Crippen MR) is 314 cm³/mol. The Hall–Kier alpha value is -5.64. The van der Waals surface area contributed by atoms with Crippen LogP contribution in [0.2, 0.25) is 0 Å². The van der Waals surface area contributed by atoms with Crippen molar-refractivity contribution in [1.82, 2.24) is 0 Å². The lowest BCUT2D eigenvalue weighted by Gasteiger charge is -2.37. The molecule has 0 atom stereocenters. The van der Waals surface area contributed by atoms with Crippen molar-refractivity contribution in [1.29, 1.82) is 0 Å². The predicted octanol–water partition coefficient (Wildman–Crippen LogP) is 21.0. The van der Waals surface area contributed by atoms with Gasteiger partial charge in [0.1, 0.15) is 11.4 Å². The Kier molecular flexibility index (Phi) is 27.2. The number of hydrogen-bond donors (Lipinski definition) is 2. The summed E-state index contributed by atoms with van der Waals surface area (Å²) in [5.74, 6) is -1.39. The van der Waals surface area contributed by atoms with Gasteiger partial charge in [0.25, 0.3) is 0 Å². The number of nitrogens with one attached hydrogen (secondary N) is 2. The summed E-state index contributed by atoms with van der Waals surface area (Å²) in [4.78, 5) is 28.7. The van der Waals surface area contributed by atoms with Crippen molar-refractivity contribution in [3.63, 3.8) is 0 Å². The van der Waals surface area contributed by atoms with Gasteiger partial charge in [-0.2, -0.15) is 5.11 Å². The van der Waals surface area contributed by atoms with Gasteiger partial charge in [0.15, 0.2) is 0 Å². The molecule has 0 radical (unpaired) electrons. The van der Waals surface area contributed by atoms with E-state index in [2.05, 4.69) is 34.7 Å². The van der Waals surface area contributed by atoms with Gasteiger partial charge in [0.05, 0.1) is 24.6 Å². The first-order valence-electron chi connectivity index (χ1n) is 29.9. The van der Waals surface area contributed by atoms with Gasteiger partial charge in [-0.05, 0) is 54.6 Å². The first-order valence-corrected chi connectivity index (χ1v) is 29.9. The summed E-state index contributed by atoms with van der Waals surface area (Å²) in [6, 6.07) is 31.0. The Labute approximate surface area is 451 Å². The maximum atomic E-state index is 14.3. The second-order valence-electron chi connectivity index (χ2n) is 21.1. The SMILES string of the molecule is CCCCCCCCCCCCCCCCCCOC(=O)C1(C(=O)OCCCCCCCCCCCCCCCCCC)Nc2cccc3c(N=Nc4ccc5ccccc5c4N=Nc4ccccc4)ccc(c23)N1. The molecule has 406 valence electrons. The monoisotopic (exact) mass is 1020 g/mol. The molecule has 0 bridgehead atoms. The first-order chi connectivity index (χ1) is 37.0. The van der Waals surface area contributed by atoms with Crippen LogP contribution in [-0.2, 0) is 19.1 Å². The first kappa shape index (κ1) is 58.6. The van der Waals surface area contributed by atoms with Crippen molar-refractivity contribution in [2.75, 3.05) is 23.8 Å². The number of benzene rings is 5. The van der Waals surface area contributed by atoms with Gasteiger partial charge in [-0.15, -0.1) is 15.3 Å². The normalized spacial score (nSPS) is 12.9. The molecule has 1 heterocycles. The molecular formula is C65H92N6O4. The van der Waals surface area contributed by atoms with Crippen LogP contribution in [0.5, 0.6) is 0 Å². The molecule has 0 aliphatic carbocycles. The van der Waals surface area contributed by atoms with E-state index < -0.39 is 17.6 Å². The van der Waals surface area contributed by atoms with Crippen molar-refractivity contribution < 1.29 is 19.1 Å². The fourth-order valence-electron chi connectivity index (χ4n) is 10.4. The topological polar surface area (TPSA) is 126 Å². The minimum atomic E-state index is -1.96.